The number of aryl methyl sites for hydroxylation is 2. The highest BCUT2D eigenvalue weighted by Crippen LogP contribution is 2.22. The van der Waals surface area contributed by atoms with Crippen molar-refractivity contribution in [3.63, 3.8) is 0 Å². The molecule has 0 heterocycles. The molecule has 2 N–H and O–H groups in total. The summed E-state index contributed by atoms with van der Waals surface area (Å²) < 4.78 is 0. The zero-order valence-electron chi connectivity index (χ0n) is 11.5. The van der Waals surface area contributed by atoms with E-state index < -0.39 is 0 Å². The lowest BCUT2D eigenvalue weighted by atomic mass is 10.2. The van der Waals surface area contributed by atoms with E-state index in [0.717, 1.165) is 22.5 Å². The van der Waals surface area contributed by atoms with Gasteiger partial charge in [0, 0.05) is 5.69 Å². The van der Waals surface area contributed by atoms with Crippen LogP contribution in [0, 0.1) is 13.8 Å². The van der Waals surface area contributed by atoms with Gasteiger partial charge in [0.2, 0.25) is 5.91 Å². The van der Waals surface area contributed by atoms with Crippen LogP contribution in [0.1, 0.15) is 11.1 Å². The summed E-state index contributed by atoms with van der Waals surface area (Å²) in [6.45, 7) is 4.14. The van der Waals surface area contributed by atoms with E-state index in [9.17, 15) is 4.79 Å². The fraction of sp³-hybridized carbons (Fsp3) is 0.188. The number of carbonyl (C=O) groups excluding carboxylic acids is 1. The Morgan fingerprint density at radius 3 is 2.55 bits per heavy atom. The summed E-state index contributed by atoms with van der Waals surface area (Å²) in [5, 5.41) is 6.49. The van der Waals surface area contributed by atoms with Crippen molar-refractivity contribution in [2.75, 3.05) is 17.2 Å². The van der Waals surface area contributed by atoms with Crippen LogP contribution < -0.4 is 10.6 Å². The Morgan fingerprint density at radius 2 is 1.85 bits per heavy atom. The van der Waals surface area contributed by atoms with Gasteiger partial charge in [-0.25, -0.2) is 0 Å². The van der Waals surface area contributed by atoms with Crippen LogP contribution in [-0.2, 0) is 4.79 Å². The molecule has 0 aliphatic rings. The molecular formula is C16H17ClN2O. The monoisotopic (exact) mass is 288 g/mol. The highest BCUT2D eigenvalue weighted by atomic mass is 35.5. The highest BCUT2D eigenvalue weighted by molar-refractivity contribution is 6.33. The van der Waals surface area contributed by atoms with Crippen LogP contribution >= 0.6 is 11.6 Å². The van der Waals surface area contributed by atoms with Gasteiger partial charge in [0.05, 0.1) is 17.3 Å². The minimum absolute atomic E-state index is 0.104. The highest BCUT2D eigenvalue weighted by Gasteiger charge is 2.04. The van der Waals surface area contributed by atoms with E-state index in [4.69, 9.17) is 11.6 Å². The van der Waals surface area contributed by atoms with Gasteiger partial charge in [-0.2, -0.15) is 0 Å². The molecule has 4 heteroatoms. The van der Waals surface area contributed by atoms with E-state index in [-0.39, 0.29) is 12.5 Å². The second kappa shape index (κ2) is 6.44. The van der Waals surface area contributed by atoms with E-state index in [2.05, 4.69) is 10.6 Å². The Hall–Kier alpha value is -2.00. The molecule has 104 valence electrons. The van der Waals surface area contributed by atoms with Crippen molar-refractivity contribution in [1.29, 1.82) is 0 Å². The third-order valence-corrected chi connectivity index (χ3v) is 3.18. The van der Waals surface area contributed by atoms with Crippen molar-refractivity contribution in [1.82, 2.24) is 0 Å². The molecule has 0 aliphatic heterocycles. The lowest BCUT2D eigenvalue weighted by Crippen LogP contribution is -2.21. The van der Waals surface area contributed by atoms with E-state index in [1.807, 2.05) is 56.3 Å². The van der Waals surface area contributed by atoms with Crippen molar-refractivity contribution in [3.05, 3.63) is 58.6 Å². The zero-order chi connectivity index (χ0) is 14.5. The number of benzene rings is 2. The largest absolute Gasteiger partial charge is 0.375 e. The molecule has 2 rings (SSSR count). The van der Waals surface area contributed by atoms with Gasteiger partial charge >= 0.3 is 0 Å². The Kier molecular flexibility index (Phi) is 4.64. The molecule has 0 fully saturated rings. The molecule has 0 saturated heterocycles. The first kappa shape index (κ1) is 14.4. The number of nitrogens with one attached hydrogen (secondary N) is 2. The first-order chi connectivity index (χ1) is 9.54. The summed E-state index contributed by atoms with van der Waals surface area (Å²) in [5.41, 5.74) is 3.76. The zero-order valence-corrected chi connectivity index (χ0v) is 12.3. The van der Waals surface area contributed by atoms with Gasteiger partial charge in [-0.15, -0.1) is 0 Å². The molecule has 3 nitrogen and oxygen atoms in total. The second-order valence-electron chi connectivity index (χ2n) is 4.75. The molecule has 2 aromatic rings. The van der Waals surface area contributed by atoms with Gasteiger partial charge in [-0.3, -0.25) is 4.79 Å². The molecule has 0 spiro atoms. The number of halogens is 1. The number of hydrogen-bond donors (Lipinski definition) is 2. The average Bonchev–Trinajstić information content (AvgIpc) is 2.37. The molecule has 0 unspecified atom stereocenters. The fourth-order valence-corrected chi connectivity index (χ4v) is 2.17. The first-order valence-corrected chi connectivity index (χ1v) is 6.79. The molecule has 0 radical (unpaired) electrons. The first-order valence-electron chi connectivity index (χ1n) is 6.41. The van der Waals surface area contributed by atoms with Crippen molar-refractivity contribution < 1.29 is 4.79 Å². The normalized spacial score (nSPS) is 10.2. The number of hydrogen-bond acceptors (Lipinski definition) is 2. The van der Waals surface area contributed by atoms with Crippen LogP contribution in [0.5, 0.6) is 0 Å². The van der Waals surface area contributed by atoms with Crippen molar-refractivity contribution >= 4 is 28.9 Å². The van der Waals surface area contributed by atoms with E-state index in [1.54, 1.807) is 0 Å². The van der Waals surface area contributed by atoms with E-state index in [1.165, 1.54) is 0 Å². The molecular weight excluding hydrogens is 272 g/mol. The standard InChI is InChI=1S/C16H17ClN2O/c1-11-4-3-5-13(8-11)19-16(20)10-18-15-7-6-12(2)9-14(15)17/h3-9,18H,10H2,1-2H3,(H,19,20). The average molecular weight is 289 g/mol. The van der Waals surface area contributed by atoms with Crippen LogP contribution in [0.3, 0.4) is 0 Å². The summed E-state index contributed by atoms with van der Waals surface area (Å²) in [6, 6.07) is 13.4. The molecule has 0 aliphatic carbocycles. The number of rotatable bonds is 4. The van der Waals surface area contributed by atoms with Crippen molar-refractivity contribution in [2.24, 2.45) is 0 Å². The summed E-state index contributed by atoms with van der Waals surface area (Å²) in [7, 11) is 0. The third-order valence-electron chi connectivity index (χ3n) is 2.87. The molecule has 0 aromatic heterocycles. The third kappa shape index (κ3) is 4.00. The van der Waals surface area contributed by atoms with Crippen LogP contribution in [0.25, 0.3) is 0 Å². The molecule has 2 aromatic carbocycles. The summed E-state index contributed by atoms with van der Waals surface area (Å²) in [5.74, 6) is -0.104. The minimum Gasteiger partial charge on any atom is -0.375 e. The lowest BCUT2D eigenvalue weighted by molar-refractivity contribution is -0.114. The number of anilines is 2. The Bertz CT molecular complexity index is 626. The lowest BCUT2D eigenvalue weighted by Gasteiger charge is -2.10. The van der Waals surface area contributed by atoms with Gasteiger partial charge in [0.25, 0.3) is 0 Å². The maximum absolute atomic E-state index is 11.9. The smallest absolute Gasteiger partial charge is 0.243 e. The Morgan fingerprint density at radius 1 is 1.10 bits per heavy atom. The topological polar surface area (TPSA) is 41.1 Å². The van der Waals surface area contributed by atoms with Gasteiger partial charge in [0.15, 0.2) is 0 Å². The fourth-order valence-electron chi connectivity index (χ4n) is 1.87. The Balaban J connectivity index is 1.92. The second-order valence-corrected chi connectivity index (χ2v) is 5.16. The molecule has 0 saturated carbocycles. The van der Waals surface area contributed by atoms with Crippen molar-refractivity contribution in [3.8, 4) is 0 Å². The predicted octanol–water partition coefficient (Wildman–Crippen LogP) is 4.01. The number of carbonyl (C=O) groups is 1. The van der Waals surface area contributed by atoms with Gasteiger partial charge in [0.1, 0.15) is 0 Å². The maximum Gasteiger partial charge on any atom is 0.243 e. The summed E-state index contributed by atoms with van der Waals surface area (Å²) in [4.78, 5) is 11.9. The van der Waals surface area contributed by atoms with E-state index >= 15 is 0 Å². The predicted molar refractivity (Wildman–Crippen MR) is 84.5 cm³/mol. The van der Waals surface area contributed by atoms with Gasteiger partial charge in [-0.05, 0) is 49.2 Å². The van der Waals surface area contributed by atoms with Gasteiger partial charge in [-0.1, -0.05) is 29.8 Å². The summed E-state index contributed by atoms with van der Waals surface area (Å²) >= 11 is 6.10. The van der Waals surface area contributed by atoms with Crippen LogP contribution in [-0.4, -0.2) is 12.5 Å². The SMILES string of the molecule is Cc1cccc(NC(=O)CNc2ccc(C)cc2Cl)c1. The van der Waals surface area contributed by atoms with Crippen molar-refractivity contribution in [2.45, 2.75) is 13.8 Å². The van der Waals surface area contributed by atoms with Crippen LogP contribution in [0.2, 0.25) is 5.02 Å². The van der Waals surface area contributed by atoms with Gasteiger partial charge < -0.3 is 10.6 Å². The number of amides is 1. The molecule has 0 bridgehead atoms. The van der Waals surface area contributed by atoms with Crippen LogP contribution in [0.15, 0.2) is 42.5 Å². The maximum atomic E-state index is 11.9. The molecule has 1 amide bonds. The Labute approximate surface area is 124 Å². The molecule has 0 atom stereocenters. The van der Waals surface area contributed by atoms with Crippen LogP contribution in [0.4, 0.5) is 11.4 Å². The van der Waals surface area contributed by atoms with E-state index in [0.29, 0.717) is 5.02 Å². The minimum atomic E-state index is -0.104. The molecule has 20 heavy (non-hydrogen) atoms. The summed E-state index contributed by atoms with van der Waals surface area (Å²) in [6.07, 6.45) is 0. The quantitative estimate of drug-likeness (QED) is 0.892.